The first-order valence-corrected chi connectivity index (χ1v) is 3.47. The number of carboxylic acid groups (broad SMARTS) is 1. The minimum absolute atomic E-state index is 0.199. The molecule has 0 saturated carbocycles. The van der Waals surface area contributed by atoms with E-state index in [2.05, 4.69) is 5.32 Å². The highest BCUT2D eigenvalue weighted by Gasteiger charge is 2.19. The van der Waals surface area contributed by atoms with E-state index in [1.165, 1.54) is 0 Å². The second kappa shape index (κ2) is 4.28. The zero-order chi connectivity index (χ0) is 8.15. The quantitative estimate of drug-likeness (QED) is 0.607. The molecule has 3 heteroatoms. The van der Waals surface area contributed by atoms with Crippen LogP contribution >= 0.6 is 0 Å². The van der Waals surface area contributed by atoms with Crippen molar-refractivity contribution in [3.63, 3.8) is 0 Å². The van der Waals surface area contributed by atoms with Gasteiger partial charge in [0.15, 0.2) is 0 Å². The fraction of sp³-hybridized carbons (Fsp3) is 0.857. The van der Waals surface area contributed by atoms with Gasteiger partial charge in [-0.05, 0) is 13.0 Å². The first-order valence-electron chi connectivity index (χ1n) is 3.47. The fourth-order valence-corrected chi connectivity index (χ4v) is 0.828. The summed E-state index contributed by atoms with van der Waals surface area (Å²) < 4.78 is 0. The molecule has 0 aliphatic heterocycles. The number of nitrogens with one attached hydrogen (secondary N) is 1. The Balaban J connectivity index is 3.85. The predicted molar refractivity (Wildman–Crippen MR) is 39.9 cm³/mol. The Morgan fingerprint density at radius 1 is 1.60 bits per heavy atom. The smallest absolute Gasteiger partial charge is 0.308 e. The average molecular weight is 145 g/mol. The van der Waals surface area contributed by atoms with Crippen LogP contribution in [0.15, 0.2) is 0 Å². The van der Waals surface area contributed by atoms with Crippen molar-refractivity contribution in [2.75, 3.05) is 13.6 Å². The van der Waals surface area contributed by atoms with Gasteiger partial charge in [-0.2, -0.15) is 0 Å². The third-order valence-corrected chi connectivity index (χ3v) is 1.55. The van der Waals surface area contributed by atoms with E-state index in [9.17, 15) is 4.79 Å². The fourth-order valence-electron chi connectivity index (χ4n) is 0.828. The molecular formula is C7H15NO2. The number of aliphatic carboxylic acids is 1. The van der Waals surface area contributed by atoms with Crippen molar-refractivity contribution in [1.29, 1.82) is 0 Å². The van der Waals surface area contributed by atoms with Crippen molar-refractivity contribution in [2.24, 2.45) is 11.8 Å². The highest BCUT2D eigenvalue weighted by Crippen LogP contribution is 2.08. The molecule has 0 saturated heterocycles. The number of carbonyl (C=O) groups is 1. The maximum absolute atomic E-state index is 10.5. The average Bonchev–Trinajstić information content (AvgIpc) is 1.81. The minimum atomic E-state index is -0.718. The topological polar surface area (TPSA) is 49.3 Å². The normalized spacial score (nSPS) is 13.6. The van der Waals surface area contributed by atoms with Gasteiger partial charge in [0.2, 0.25) is 0 Å². The summed E-state index contributed by atoms with van der Waals surface area (Å²) in [6.45, 7) is 4.37. The van der Waals surface area contributed by atoms with Crippen LogP contribution in [0.4, 0.5) is 0 Å². The zero-order valence-electron chi connectivity index (χ0n) is 6.72. The molecule has 0 bridgehead atoms. The van der Waals surface area contributed by atoms with Gasteiger partial charge in [-0.3, -0.25) is 4.79 Å². The molecule has 3 nitrogen and oxygen atoms in total. The Morgan fingerprint density at radius 2 is 2.10 bits per heavy atom. The maximum Gasteiger partial charge on any atom is 0.308 e. The Labute approximate surface area is 61.4 Å². The summed E-state index contributed by atoms with van der Waals surface area (Å²) in [6.07, 6.45) is 0. The first-order chi connectivity index (χ1) is 4.59. The zero-order valence-corrected chi connectivity index (χ0v) is 6.72. The van der Waals surface area contributed by atoms with E-state index in [-0.39, 0.29) is 11.8 Å². The number of hydrogen-bond acceptors (Lipinski definition) is 2. The van der Waals surface area contributed by atoms with Crippen LogP contribution in [0.5, 0.6) is 0 Å². The lowest BCUT2D eigenvalue weighted by atomic mass is 9.96. The third-order valence-electron chi connectivity index (χ3n) is 1.55. The molecule has 0 radical (unpaired) electrons. The summed E-state index contributed by atoms with van der Waals surface area (Å²) in [5.41, 5.74) is 0. The summed E-state index contributed by atoms with van der Waals surface area (Å²) in [5.74, 6) is -0.778. The van der Waals surface area contributed by atoms with Crippen molar-refractivity contribution in [3.05, 3.63) is 0 Å². The molecule has 10 heavy (non-hydrogen) atoms. The van der Waals surface area contributed by atoms with Crippen LogP contribution in [0.2, 0.25) is 0 Å². The molecule has 2 N–H and O–H groups in total. The Morgan fingerprint density at radius 3 is 2.20 bits per heavy atom. The molecule has 1 atom stereocenters. The molecule has 0 aliphatic rings. The highest BCUT2D eigenvalue weighted by atomic mass is 16.4. The van der Waals surface area contributed by atoms with Crippen LogP contribution in [0.1, 0.15) is 13.8 Å². The van der Waals surface area contributed by atoms with E-state index in [1.54, 1.807) is 7.05 Å². The lowest BCUT2D eigenvalue weighted by molar-refractivity contribution is -0.143. The Hall–Kier alpha value is -0.570. The number of hydrogen-bond donors (Lipinski definition) is 2. The summed E-state index contributed by atoms with van der Waals surface area (Å²) >= 11 is 0. The van der Waals surface area contributed by atoms with Gasteiger partial charge in [0.25, 0.3) is 0 Å². The van der Waals surface area contributed by atoms with Gasteiger partial charge in [0, 0.05) is 6.54 Å². The van der Waals surface area contributed by atoms with Gasteiger partial charge in [0.05, 0.1) is 5.92 Å². The molecular weight excluding hydrogens is 130 g/mol. The third kappa shape index (κ3) is 2.82. The summed E-state index contributed by atoms with van der Waals surface area (Å²) in [7, 11) is 1.76. The molecule has 0 aromatic carbocycles. The molecule has 0 heterocycles. The molecule has 60 valence electrons. The lowest BCUT2D eigenvalue weighted by Gasteiger charge is -2.14. The van der Waals surface area contributed by atoms with Crippen LogP contribution in [0.3, 0.4) is 0 Å². The van der Waals surface area contributed by atoms with E-state index in [0.29, 0.717) is 6.54 Å². The monoisotopic (exact) mass is 145 g/mol. The largest absolute Gasteiger partial charge is 0.481 e. The molecule has 0 rings (SSSR count). The maximum atomic E-state index is 10.5. The summed E-state index contributed by atoms with van der Waals surface area (Å²) in [4.78, 5) is 10.5. The highest BCUT2D eigenvalue weighted by molar-refractivity contribution is 5.70. The van der Waals surface area contributed by atoms with Gasteiger partial charge in [-0.1, -0.05) is 13.8 Å². The molecule has 0 spiro atoms. The van der Waals surface area contributed by atoms with Gasteiger partial charge >= 0.3 is 5.97 Å². The van der Waals surface area contributed by atoms with Crippen LogP contribution in [0, 0.1) is 11.8 Å². The van der Waals surface area contributed by atoms with Crippen LogP contribution in [-0.4, -0.2) is 24.7 Å². The minimum Gasteiger partial charge on any atom is -0.481 e. The first kappa shape index (κ1) is 9.43. The lowest BCUT2D eigenvalue weighted by Crippen LogP contribution is -2.29. The molecule has 0 aliphatic carbocycles. The second-order valence-corrected chi connectivity index (χ2v) is 2.75. The van der Waals surface area contributed by atoms with Gasteiger partial charge in [-0.25, -0.2) is 0 Å². The van der Waals surface area contributed by atoms with Crippen LogP contribution in [0.25, 0.3) is 0 Å². The molecule has 0 aromatic rings. The SMILES string of the molecule is CNCC(C(=O)O)C(C)C. The van der Waals surface area contributed by atoms with Crippen molar-refractivity contribution in [2.45, 2.75) is 13.8 Å². The number of carboxylic acids is 1. The Bertz CT molecular complexity index is 112. The van der Waals surface area contributed by atoms with E-state index in [1.807, 2.05) is 13.8 Å². The molecule has 1 unspecified atom stereocenters. The van der Waals surface area contributed by atoms with E-state index >= 15 is 0 Å². The van der Waals surface area contributed by atoms with Crippen molar-refractivity contribution < 1.29 is 9.90 Å². The molecule has 0 amide bonds. The van der Waals surface area contributed by atoms with E-state index in [0.717, 1.165) is 0 Å². The van der Waals surface area contributed by atoms with Crippen LogP contribution < -0.4 is 5.32 Å². The van der Waals surface area contributed by atoms with Crippen molar-refractivity contribution in [3.8, 4) is 0 Å². The standard InChI is InChI=1S/C7H15NO2/c1-5(2)6(4-8-3)7(9)10/h5-6,8H,4H2,1-3H3,(H,9,10). The van der Waals surface area contributed by atoms with Gasteiger partial charge in [0.1, 0.15) is 0 Å². The van der Waals surface area contributed by atoms with Gasteiger partial charge < -0.3 is 10.4 Å². The second-order valence-electron chi connectivity index (χ2n) is 2.75. The summed E-state index contributed by atoms with van der Waals surface area (Å²) in [6, 6.07) is 0. The summed E-state index contributed by atoms with van der Waals surface area (Å²) in [5, 5.41) is 11.5. The Kier molecular flexibility index (Phi) is 4.03. The van der Waals surface area contributed by atoms with Gasteiger partial charge in [-0.15, -0.1) is 0 Å². The molecule has 0 aromatic heterocycles. The van der Waals surface area contributed by atoms with E-state index < -0.39 is 5.97 Å². The number of rotatable bonds is 4. The van der Waals surface area contributed by atoms with Crippen molar-refractivity contribution >= 4 is 5.97 Å². The van der Waals surface area contributed by atoms with E-state index in [4.69, 9.17) is 5.11 Å². The van der Waals surface area contributed by atoms with Crippen LogP contribution in [-0.2, 0) is 4.79 Å². The molecule has 0 fully saturated rings. The van der Waals surface area contributed by atoms with Crippen molar-refractivity contribution in [1.82, 2.24) is 5.32 Å². The predicted octanol–water partition coefficient (Wildman–Crippen LogP) is 0.563.